The SMILES string of the molecule is CSc1ncc2c(/N=N/c3ccc(O)c(S(N)(=O)=O)c3)snc2c1C#N. The highest BCUT2D eigenvalue weighted by molar-refractivity contribution is 7.98. The molecule has 3 N–H and O–H groups in total. The number of hydrogen-bond donors (Lipinski definition) is 2. The average Bonchev–Trinajstić information content (AvgIpc) is 3.02. The van der Waals surface area contributed by atoms with Crippen LogP contribution in [0.15, 0.2) is 44.5 Å². The highest BCUT2D eigenvalue weighted by Crippen LogP contribution is 2.36. The Morgan fingerprint density at radius 1 is 1.38 bits per heavy atom. The monoisotopic (exact) mass is 406 g/mol. The number of azo groups is 1. The van der Waals surface area contributed by atoms with E-state index in [1.807, 2.05) is 6.26 Å². The molecule has 26 heavy (non-hydrogen) atoms. The molecule has 0 aliphatic carbocycles. The topological polar surface area (TPSA) is 155 Å². The molecular weight excluding hydrogens is 396 g/mol. The van der Waals surface area contributed by atoms with Crippen LogP contribution in [0.5, 0.6) is 5.75 Å². The van der Waals surface area contributed by atoms with Crippen molar-refractivity contribution in [1.29, 1.82) is 5.26 Å². The van der Waals surface area contributed by atoms with Crippen molar-refractivity contribution in [3.05, 3.63) is 30.0 Å². The zero-order valence-corrected chi connectivity index (χ0v) is 15.6. The number of primary sulfonamides is 1. The smallest absolute Gasteiger partial charge is 0.241 e. The van der Waals surface area contributed by atoms with Gasteiger partial charge in [0.25, 0.3) is 0 Å². The van der Waals surface area contributed by atoms with Crippen molar-refractivity contribution in [1.82, 2.24) is 9.36 Å². The Morgan fingerprint density at radius 3 is 2.81 bits per heavy atom. The number of aromatic hydroxyl groups is 1. The summed E-state index contributed by atoms with van der Waals surface area (Å²) in [7, 11) is -4.09. The number of nitrogens with two attached hydrogens (primary N) is 1. The van der Waals surface area contributed by atoms with Crippen LogP contribution in [0.1, 0.15) is 5.56 Å². The minimum absolute atomic E-state index is 0.183. The molecule has 3 aromatic rings. The lowest BCUT2D eigenvalue weighted by molar-refractivity contribution is 0.459. The van der Waals surface area contributed by atoms with Crippen molar-refractivity contribution >= 4 is 54.9 Å². The number of aromatic nitrogens is 2. The molecule has 9 nitrogen and oxygen atoms in total. The van der Waals surface area contributed by atoms with Gasteiger partial charge in [-0.1, -0.05) is 0 Å². The van der Waals surface area contributed by atoms with Crippen LogP contribution < -0.4 is 5.14 Å². The molecule has 2 heterocycles. The van der Waals surface area contributed by atoms with Gasteiger partial charge in [-0.05, 0) is 36.0 Å². The summed E-state index contributed by atoms with van der Waals surface area (Å²) in [5.41, 5.74) is 1.04. The second-order valence-electron chi connectivity index (χ2n) is 4.90. The second-order valence-corrected chi connectivity index (χ2v) is 7.98. The molecule has 0 saturated carbocycles. The second kappa shape index (κ2) is 6.96. The van der Waals surface area contributed by atoms with Crippen molar-refractivity contribution in [2.45, 2.75) is 9.92 Å². The lowest BCUT2D eigenvalue weighted by Crippen LogP contribution is -2.12. The molecule has 12 heteroatoms. The van der Waals surface area contributed by atoms with Crippen molar-refractivity contribution in [3.8, 4) is 11.8 Å². The maximum absolute atomic E-state index is 11.4. The average molecular weight is 406 g/mol. The Kier molecular flexibility index (Phi) is 4.88. The van der Waals surface area contributed by atoms with Crippen LogP contribution in [0.2, 0.25) is 0 Å². The Labute approximate surface area is 156 Å². The summed E-state index contributed by atoms with van der Waals surface area (Å²) in [5, 5.41) is 33.5. The van der Waals surface area contributed by atoms with Crippen molar-refractivity contribution in [2.24, 2.45) is 15.4 Å². The molecule has 0 saturated heterocycles. The summed E-state index contributed by atoms with van der Waals surface area (Å²) in [5.74, 6) is -0.470. The molecule has 0 unspecified atom stereocenters. The number of nitriles is 1. The molecule has 0 aliphatic rings. The molecule has 0 spiro atoms. The summed E-state index contributed by atoms with van der Waals surface area (Å²) >= 11 is 2.38. The van der Waals surface area contributed by atoms with E-state index in [0.29, 0.717) is 26.5 Å². The van der Waals surface area contributed by atoms with E-state index in [1.165, 1.54) is 23.9 Å². The molecule has 0 bridgehead atoms. The quantitative estimate of drug-likeness (QED) is 0.498. The van der Waals surface area contributed by atoms with Crippen molar-refractivity contribution in [2.75, 3.05) is 6.26 Å². The van der Waals surface area contributed by atoms with Gasteiger partial charge in [-0.15, -0.1) is 22.0 Å². The fraction of sp³-hybridized carbons (Fsp3) is 0.0714. The van der Waals surface area contributed by atoms with E-state index in [-0.39, 0.29) is 5.69 Å². The van der Waals surface area contributed by atoms with E-state index < -0.39 is 20.7 Å². The van der Waals surface area contributed by atoms with Gasteiger partial charge in [0.15, 0.2) is 5.00 Å². The number of nitrogens with zero attached hydrogens (tertiary/aromatic N) is 5. The number of rotatable bonds is 4. The highest BCUT2D eigenvalue weighted by Gasteiger charge is 2.16. The van der Waals surface area contributed by atoms with E-state index >= 15 is 0 Å². The van der Waals surface area contributed by atoms with E-state index in [9.17, 15) is 18.8 Å². The van der Waals surface area contributed by atoms with E-state index in [1.54, 1.807) is 6.20 Å². The van der Waals surface area contributed by atoms with Gasteiger partial charge < -0.3 is 5.11 Å². The molecular formula is C14H10N6O3S3. The van der Waals surface area contributed by atoms with Crippen LogP contribution in [0.4, 0.5) is 10.7 Å². The Hall–Kier alpha value is -2.59. The molecule has 0 radical (unpaired) electrons. The minimum atomic E-state index is -4.09. The number of phenols is 1. The molecule has 2 aromatic heterocycles. The third-order valence-electron chi connectivity index (χ3n) is 3.28. The molecule has 1 aromatic carbocycles. The van der Waals surface area contributed by atoms with Crippen LogP contribution in [-0.4, -0.2) is 29.1 Å². The number of benzene rings is 1. The van der Waals surface area contributed by atoms with Gasteiger partial charge in [-0.25, -0.2) is 18.5 Å². The van der Waals surface area contributed by atoms with Gasteiger partial charge in [-0.2, -0.15) is 9.64 Å². The third-order valence-corrected chi connectivity index (χ3v) is 5.67. The predicted octanol–water partition coefficient (Wildman–Crippen LogP) is 3.05. The lowest BCUT2D eigenvalue weighted by atomic mass is 10.2. The standard InChI is InChI=1S/C14H10N6O3S3/c1-24-13-8(5-15)12-9(6-17-13)14(25-20-12)19-18-7-2-3-10(21)11(4-7)26(16,22)23/h2-4,6,21H,1H3,(H2,16,22,23)/b19-18+. The molecule has 0 fully saturated rings. The van der Waals surface area contributed by atoms with Gasteiger partial charge in [-0.3, -0.25) is 0 Å². The van der Waals surface area contributed by atoms with E-state index in [4.69, 9.17) is 5.14 Å². The maximum atomic E-state index is 11.4. The number of thioether (sulfide) groups is 1. The van der Waals surface area contributed by atoms with Crippen LogP contribution >= 0.6 is 23.3 Å². The maximum Gasteiger partial charge on any atom is 0.241 e. The summed E-state index contributed by atoms with van der Waals surface area (Å²) in [4.78, 5) is 3.78. The first-order chi connectivity index (χ1) is 12.3. The highest BCUT2D eigenvalue weighted by atomic mass is 32.2. The fourth-order valence-electron chi connectivity index (χ4n) is 2.10. The van der Waals surface area contributed by atoms with Gasteiger partial charge in [0.05, 0.1) is 11.1 Å². The number of phenolic OH excluding ortho intramolecular Hbond substituents is 1. The first kappa shape index (κ1) is 18.2. The Bertz CT molecular complexity index is 1180. The minimum Gasteiger partial charge on any atom is -0.507 e. The third kappa shape index (κ3) is 3.37. The molecule has 0 aliphatic heterocycles. The summed E-state index contributed by atoms with van der Waals surface area (Å²) < 4.78 is 27.1. The molecule has 3 rings (SSSR count). The van der Waals surface area contributed by atoms with Gasteiger partial charge in [0, 0.05) is 6.20 Å². The van der Waals surface area contributed by atoms with E-state index in [2.05, 4.69) is 25.7 Å². The number of hydrogen-bond acceptors (Lipinski definition) is 10. The number of fused-ring (bicyclic) bond motifs is 1. The van der Waals surface area contributed by atoms with Crippen molar-refractivity contribution < 1.29 is 13.5 Å². The predicted molar refractivity (Wildman–Crippen MR) is 97.6 cm³/mol. The Morgan fingerprint density at radius 2 is 2.15 bits per heavy atom. The summed E-state index contributed by atoms with van der Waals surface area (Å²) in [6, 6.07) is 5.76. The Balaban J connectivity index is 2.04. The summed E-state index contributed by atoms with van der Waals surface area (Å²) in [6.07, 6.45) is 3.38. The zero-order chi connectivity index (χ0) is 18.9. The normalized spacial score (nSPS) is 11.9. The van der Waals surface area contributed by atoms with Gasteiger partial charge in [0.2, 0.25) is 10.0 Å². The van der Waals surface area contributed by atoms with Crippen LogP contribution in [-0.2, 0) is 10.0 Å². The molecule has 0 amide bonds. The zero-order valence-electron chi connectivity index (χ0n) is 13.1. The van der Waals surface area contributed by atoms with Crippen LogP contribution in [0.25, 0.3) is 10.9 Å². The van der Waals surface area contributed by atoms with Gasteiger partial charge >= 0.3 is 0 Å². The first-order valence-electron chi connectivity index (χ1n) is 6.85. The molecule has 132 valence electrons. The molecule has 0 atom stereocenters. The van der Waals surface area contributed by atoms with Crippen LogP contribution in [0, 0.1) is 11.3 Å². The van der Waals surface area contributed by atoms with Crippen molar-refractivity contribution in [3.63, 3.8) is 0 Å². The van der Waals surface area contributed by atoms with E-state index in [0.717, 1.165) is 17.6 Å². The van der Waals surface area contributed by atoms with Crippen LogP contribution in [0.3, 0.4) is 0 Å². The largest absolute Gasteiger partial charge is 0.507 e. The van der Waals surface area contributed by atoms with Gasteiger partial charge in [0.1, 0.15) is 32.8 Å². The lowest BCUT2D eigenvalue weighted by Gasteiger charge is -2.02. The summed E-state index contributed by atoms with van der Waals surface area (Å²) in [6.45, 7) is 0. The number of pyridine rings is 1. The fourth-order valence-corrected chi connectivity index (χ4v) is 3.94. The first-order valence-corrected chi connectivity index (χ1v) is 10.4. The number of sulfonamides is 1.